The van der Waals surface area contributed by atoms with Crippen LogP contribution < -0.4 is 0 Å². The molecule has 6 nitrogen and oxygen atoms in total. The lowest BCUT2D eigenvalue weighted by atomic mass is 10.2. The summed E-state index contributed by atoms with van der Waals surface area (Å²) in [4.78, 5) is 5.16. The zero-order chi connectivity index (χ0) is 15.2. The van der Waals surface area contributed by atoms with E-state index in [4.69, 9.17) is 0 Å². The second-order valence-corrected chi connectivity index (χ2v) is 8.46. The van der Waals surface area contributed by atoms with E-state index in [9.17, 15) is 8.42 Å². The number of hydrogen-bond acceptors (Lipinski definition) is 5. The molecule has 0 saturated carbocycles. The van der Waals surface area contributed by atoms with Crippen LogP contribution in [-0.2, 0) is 16.4 Å². The Morgan fingerprint density at radius 1 is 1.29 bits per heavy atom. The van der Waals surface area contributed by atoms with Gasteiger partial charge in [-0.2, -0.15) is 13.9 Å². The van der Waals surface area contributed by atoms with E-state index in [2.05, 4.69) is 10.1 Å². The Morgan fingerprint density at radius 2 is 1.95 bits per heavy atom. The third-order valence-corrected chi connectivity index (χ3v) is 6.87. The van der Waals surface area contributed by atoms with Gasteiger partial charge in [-0.1, -0.05) is 32.1 Å². The average molecular weight is 328 g/mol. The van der Waals surface area contributed by atoms with Gasteiger partial charge < -0.3 is 0 Å². The van der Waals surface area contributed by atoms with E-state index in [1.807, 2.05) is 20.8 Å². The van der Waals surface area contributed by atoms with E-state index in [0.717, 1.165) is 17.8 Å². The third kappa shape index (κ3) is 2.39. The molecule has 0 radical (unpaired) electrons. The van der Waals surface area contributed by atoms with Crippen molar-refractivity contribution in [2.24, 2.45) is 0 Å². The monoisotopic (exact) mass is 328 g/mol. The molecular formula is C13H20N4O2S2. The first-order valence-electron chi connectivity index (χ1n) is 7.33. The Hall–Kier alpha value is -0.990. The predicted molar refractivity (Wildman–Crippen MR) is 82.3 cm³/mol. The highest BCUT2D eigenvalue weighted by Gasteiger charge is 2.34. The molecule has 21 heavy (non-hydrogen) atoms. The van der Waals surface area contributed by atoms with Crippen LogP contribution in [0.2, 0.25) is 0 Å². The van der Waals surface area contributed by atoms with Crippen molar-refractivity contribution in [3.63, 3.8) is 0 Å². The molecule has 0 N–H and O–H groups in total. The molecule has 1 saturated heterocycles. The lowest BCUT2D eigenvalue weighted by Crippen LogP contribution is -2.29. The van der Waals surface area contributed by atoms with Crippen LogP contribution in [-0.4, -0.2) is 40.4 Å². The number of sulfonamides is 1. The van der Waals surface area contributed by atoms with Crippen molar-refractivity contribution < 1.29 is 8.42 Å². The summed E-state index contributed by atoms with van der Waals surface area (Å²) in [7, 11) is -3.50. The minimum absolute atomic E-state index is 0.268. The first kappa shape index (κ1) is 14.9. The quantitative estimate of drug-likeness (QED) is 0.863. The van der Waals surface area contributed by atoms with Crippen LogP contribution in [0.3, 0.4) is 0 Å². The van der Waals surface area contributed by atoms with Gasteiger partial charge in [-0.05, 0) is 19.3 Å². The van der Waals surface area contributed by atoms with Crippen LogP contribution in [0.15, 0.2) is 5.03 Å². The van der Waals surface area contributed by atoms with Crippen molar-refractivity contribution >= 4 is 26.3 Å². The molecule has 0 bridgehead atoms. The summed E-state index contributed by atoms with van der Waals surface area (Å²) in [5.41, 5.74) is 0.621. The molecule has 2 aromatic rings. The van der Waals surface area contributed by atoms with Gasteiger partial charge in [-0.3, -0.25) is 0 Å². The molecule has 0 spiro atoms. The van der Waals surface area contributed by atoms with Gasteiger partial charge in [-0.25, -0.2) is 13.4 Å². The lowest BCUT2D eigenvalue weighted by Gasteiger charge is -2.15. The highest BCUT2D eigenvalue weighted by molar-refractivity contribution is 7.89. The number of imidazole rings is 1. The Kier molecular flexibility index (Phi) is 3.79. The van der Waals surface area contributed by atoms with Crippen molar-refractivity contribution in [2.45, 2.75) is 51.0 Å². The van der Waals surface area contributed by atoms with Crippen LogP contribution in [0.25, 0.3) is 4.96 Å². The minimum atomic E-state index is -3.50. The van der Waals surface area contributed by atoms with E-state index >= 15 is 0 Å². The van der Waals surface area contributed by atoms with Gasteiger partial charge in [0.25, 0.3) is 10.0 Å². The number of rotatable bonds is 4. The maximum absolute atomic E-state index is 12.9. The number of hydrogen-bond donors (Lipinski definition) is 0. The summed E-state index contributed by atoms with van der Waals surface area (Å²) >= 11 is 1.47. The summed E-state index contributed by atoms with van der Waals surface area (Å²) in [6.07, 6.45) is 2.45. The van der Waals surface area contributed by atoms with Gasteiger partial charge in [0.1, 0.15) is 5.01 Å². The second kappa shape index (κ2) is 5.33. The molecule has 3 heterocycles. The fourth-order valence-electron chi connectivity index (χ4n) is 2.56. The Bertz CT molecular complexity index is 755. The first-order valence-corrected chi connectivity index (χ1v) is 9.59. The molecule has 3 rings (SSSR count). The van der Waals surface area contributed by atoms with Crippen LogP contribution in [0.1, 0.15) is 50.2 Å². The zero-order valence-corrected chi connectivity index (χ0v) is 14.2. The maximum atomic E-state index is 12.9. The summed E-state index contributed by atoms with van der Waals surface area (Å²) in [5.74, 6) is 0.268. The first-order chi connectivity index (χ1) is 9.95. The van der Waals surface area contributed by atoms with Crippen LogP contribution in [0, 0.1) is 0 Å². The van der Waals surface area contributed by atoms with Crippen molar-refractivity contribution in [3.8, 4) is 0 Å². The van der Waals surface area contributed by atoms with Gasteiger partial charge in [-0.15, -0.1) is 0 Å². The van der Waals surface area contributed by atoms with E-state index < -0.39 is 10.0 Å². The summed E-state index contributed by atoms with van der Waals surface area (Å²) < 4.78 is 28.9. The molecule has 0 unspecified atom stereocenters. The number of nitrogens with zero attached hydrogens (tertiary/aromatic N) is 4. The molecule has 0 atom stereocenters. The summed E-state index contributed by atoms with van der Waals surface area (Å²) in [6.45, 7) is 7.22. The van der Waals surface area contributed by atoms with E-state index in [1.54, 1.807) is 4.31 Å². The van der Waals surface area contributed by atoms with Crippen molar-refractivity contribution in [2.75, 3.05) is 13.1 Å². The zero-order valence-electron chi connectivity index (χ0n) is 12.5. The predicted octanol–water partition coefficient (Wildman–Crippen LogP) is 2.26. The Labute approximate surface area is 128 Å². The molecule has 116 valence electrons. The van der Waals surface area contributed by atoms with Crippen LogP contribution >= 0.6 is 11.3 Å². The number of fused-ring (bicyclic) bond motifs is 1. The highest BCUT2D eigenvalue weighted by Crippen LogP contribution is 2.29. The summed E-state index contributed by atoms with van der Waals surface area (Å²) in [5, 5.41) is 5.67. The second-order valence-electron chi connectivity index (χ2n) is 5.62. The van der Waals surface area contributed by atoms with Crippen molar-refractivity contribution in [1.82, 2.24) is 18.9 Å². The van der Waals surface area contributed by atoms with E-state index in [1.165, 1.54) is 15.9 Å². The molecule has 8 heteroatoms. The highest BCUT2D eigenvalue weighted by atomic mass is 32.2. The minimum Gasteiger partial charge on any atom is -0.221 e. The molecule has 1 aliphatic rings. The molecule has 0 aliphatic carbocycles. The Morgan fingerprint density at radius 3 is 2.52 bits per heavy atom. The molecular weight excluding hydrogens is 308 g/mol. The molecule has 1 aliphatic heterocycles. The van der Waals surface area contributed by atoms with Crippen LogP contribution in [0.5, 0.6) is 0 Å². The van der Waals surface area contributed by atoms with Gasteiger partial charge >= 0.3 is 0 Å². The largest absolute Gasteiger partial charge is 0.262 e. The molecule has 2 aromatic heterocycles. The van der Waals surface area contributed by atoms with Gasteiger partial charge in [0, 0.05) is 19.0 Å². The van der Waals surface area contributed by atoms with E-state index in [-0.39, 0.29) is 10.9 Å². The summed E-state index contributed by atoms with van der Waals surface area (Å²) in [6, 6.07) is 0. The molecule has 0 amide bonds. The Balaban J connectivity index is 2.19. The van der Waals surface area contributed by atoms with Gasteiger partial charge in [0.2, 0.25) is 4.96 Å². The fraction of sp³-hybridized carbons (Fsp3) is 0.692. The third-order valence-electron chi connectivity index (χ3n) is 3.72. The van der Waals surface area contributed by atoms with Gasteiger partial charge in [0.15, 0.2) is 5.03 Å². The van der Waals surface area contributed by atoms with Gasteiger partial charge in [0.05, 0.1) is 5.69 Å². The average Bonchev–Trinajstić information content (AvgIpc) is 3.12. The molecule has 0 aromatic carbocycles. The van der Waals surface area contributed by atoms with E-state index in [0.29, 0.717) is 30.2 Å². The number of aryl methyl sites for hydroxylation is 1. The SMILES string of the molecule is CCc1nc2sc(C(C)C)nn2c1S(=O)(=O)N1CCCC1. The van der Waals surface area contributed by atoms with Crippen molar-refractivity contribution in [3.05, 3.63) is 10.7 Å². The fourth-order valence-corrected chi connectivity index (χ4v) is 5.35. The topological polar surface area (TPSA) is 67.6 Å². The smallest absolute Gasteiger partial charge is 0.221 e. The van der Waals surface area contributed by atoms with Crippen LogP contribution in [0.4, 0.5) is 0 Å². The van der Waals surface area contributed by atoms with Crippen molar-refractivity contribution in [1.29, 1.82) is 0 Å². The maximum Gasteiger partial charge on any atom is 0.262 e. The standard InChI is InChI=1S/C13H20N4O2S2/c1-4-10-12(21(18,19)16-7-5-6-8-16)17-13(14-10)20-11(15-17)9(2)3/h9H,4-8H2,1-3H3. The lowest BCUT2D eigenvalue weighted by molar-refractivity contribution is 0.470. The number of aromatic nitrogens is 3. The normalized spacial score (nSPS) is 17.3. The molecule has 1 fully saturated rings.